The smallest absolute Gasteiger partial charge is 0.134 e. The molecule has 0 bridgehead atoms. The van der Waals surface area contributed by atoms with Crippen molar-refractivity contribution in [3.63, 3.8) is 0 Å². The van der Waals surface area contributed by atoms with Gasteiger partial charge in [0, 0.05) is 12.7 Å². The van der Waals surface area contributed by atoms with Crippen molar-refractivity contribution >= 4 is 0 Å². The molecule has 0 fully saturated rings. The summed E-state index contributed by atoms with van der Waals surface area (Å²) in [5.74, 6) is 0.823. The van der Waals surface area contributed by atoms with Crippen LogP contribution in [0.15, 0.2) is 41.1 Å². The fourth-order valence-corrected chi connectivity index (χ4v) is 2.03. The number of rotatable bonds is 6. The molecule has 1 aromatic heterocycles. The number of nitrogens with zero attached hydrogens (tertiary/aromatic N) is 1. The number of aromatic nitrogens is 1. The molecule has 102 valence electrons. The molecule has 1 heterocycles. The highest BCUT2D eigenvalue weighted by molar-refractivity contribution is 5.38. The molecule has 0 spiro atoms. The van der Waals surface area contributed by atoms with Gasteiger partial charge in [0.25, 0.3) is 0 Å². The van der Waals surface area contributed by atoms with Crippen molar-refractivity contribution in [2.75, 3.05) is 6.61 Å². The van der Waals surface area contributed by atoms with Crippen molar-refractivity contribution in [3.8, 4) is 5.75 Å². The second-order valence-electron chi connectivity index (χ2n) is 5.13. The van der Waals surface area contributed by atoms with Gasteiger partial charge < -0.3 is 14.4 Å². The summed E-state index contributed by atoms with van der Waals surface area (Å²) in [6.45, 7) is 4.73. The van der Waals surface area contributed by atoms with E-state index in [0.29, 0.717) is 13.0 Å². The minimum absolute atomic E-state index is 0.130. The van der Waals surface area contributed by atoms with Gasteiger partial charge in [0.1, 0.15) is 24.3 Å². The molecule has 0 aliphatic carbocycles. The van der Waals surface area contributed by atoms with E-state index >= 15 is 0 Å². The number of aliphatic hydroxyl groups excluding tert-OH is 1. The first-order valence-corrected chi connectivity index (χ1v) is 6.36. The number of para-hydroxylation sites is 1. The van der Waals surface area contributed by atoms with Crippen LogP contribution in [0.4, 0.5) is 0 Å². The first-order valence-electron chi connectivity index (χ1n) is 6.36. The maximum atomic E-state index is 9.17. The molecule has 0 unspecified atom stereocenters. The SMILES string of the molecule is CC(C)(CCO)c1ccccc1OCc1ccon1. The summed E-state index contributed by atoms with van der Waals surface area (Å²) in [6, 6.07) is 9.68. The van der Waals surface area contributed by atoms with E-state index in [4.69, 9.17) is 9.26 Å². The third-order valence-corrected chi connectivity index (χ3v) is 3.22. The van der Waals surface area contributed by atoms with Crippen molar-refractivity contribution in [2.45, 2.75) is 32.3 Å². The number of hydrogen-bond acceptors (Lipinski definition) is 4. The minimum Gasteiger partial charge on any atom is -0.487 e. The van der Waals surface area contributed by atoms with Crippen LogP contribution in [-0.4, -0.2) is 16.9 Å². The van der Waals surface area contributed by atoms with Gasteiger partial charge in [-0.15, -0.1) is 0 Å². The van der Waals surface area contributed by atoms with Crippen molar-refractivity contribution in [3.05, 3.63) is 47.9 Å². The van der Waals surface area contributed by atoms with E-state index in [9.17, 15) is 5.11 Å². The average molecular weight is 261 g/mol. The highest BCUT2D eigenvalue weighted by Gasteiger charge is 2.23. The van der Waals surface area contributed by atoms with Crippen LogP contribution in [0.5, 0.6) is 5.75 Å². The summed E-state index contributed by atoms with van der Waals surface area (Å²) in [5.41, 5.74) is 1.72. The monoisotopic (exact) mass is 261 g/mol. The standard InChI is InChI=1S/C15H19NO3/c1-15(2,8-9-17)13-5-3-4-6-14(13)18-11-12-7-10-19-16-12/h3-7,10,17H,8-9,11H2,1-2H3. The molecule has 0 atom stereocenters. The maximum Gasteiger partial charge on any atom is 0.134 e. The van der Waals surface area contributed by atoms with E-state index in [1.807, 2.05) is 24.3 Å². The lowest BCUT2D eigenvalue weighted by Crippen LogP contribution is -2.20. The molecule has 2 rings (SSSR count). The Morgan fingerprint density at radius 3 is 2.74 bits per heavy atom. The Labute approximate surface area is 113 Å². The van der Waals surface area contributed by atoms with E-state index in [1.165, 1.54) is 6.26 Å². The molecular weight excluding hydrogens is 242 g/mol. The van der Waals surface area contributed by atoms with Gasteiger partial charge >= 0.3 is 0 Å². The summed E-state index contributed by atoms with van der Waals surface area (Å²) in [6.07, 6.45) is 2.22. The summed E-state index contributed by atoms with van der Waals surface area (Å²) in [7, 11) is 0. The van der Waals surface area contributed by atoms with E-state index in [0.717, 1.165) is 17.0 Å². The van der Waals surface area contributed by atoms with Crippen molar-refractivity contribution < 1.29 is 14.4 Å². The van der Waals surface area contributed by atoms with E-state index in [2.05, 4.69) is 19.0 Å². The highest BCUT2D eigenvalue weighted by atomic mass is 16.5. The average Bonchev–Trinajstić information content (AvgIpc) is 2.90. The number of ether oxygens (including phenoxy) is 1. The third kappa shape index (κ3) is 3.35. The van der Waals surface area contributed by atoms with Crippen LogP contribution < -0.4 is 4.74 Å². The summed E-state index contributed by atoms with van der Waals surface area (Å²) < 4.78 is 10.6. The topological polar surface area (TPSA) is 55.5 Å². The molecule has 0 aliphatic heterocycles. The fraction of sp³-hybridized carbons (Fsp3) is 0.400. The zero-order valence-corrected chi connectivity index (χ0v) is 11.3. The minimum atomic E-state index is -0.130. The number of hydrogen-bond donors (Lipinski definition) is 1. The van der Waals surface area contributed by atoms with Crippen LogP contribution in [-0.2, 0) is 12.0 Å². The van der Waals surface area contributed by atoms with E-state index in [-0.39, 0.29) is 12.0 Å². The van der Waals surface area contributed by atoms with Crippen LogP contribution in [0.25, 0.3) is 0 Å². The molecule has 1 N–H and O–H groups in total. The quantitative estimate of drug-likeness (QED) is 0.868. The number of aliphatic hydroxyl groups is 1. The van der Waals surface area contributed by atoms with Crippen molar-refractivity contribution in [1.82, 2.24) is 5.16 Å². The van der Waals surface area contributed by atoms with Gasteiger partial charge in [-0.05, 0) is 23.5 Å². The fourth-order valence-electron chi connectivity index (χ4n) is 2.03. The summed E-state index contributed by atoms with van der Waals surface area (Å²) in [4.78, 5) is 0. The van der Waals surface area contributed by atoms with Gasteiger partial charge in [0.05, 0.1) is 0 Å². The predicted molar refractivity (Wildman–Crippen MR) is 72.0 cm³/mol. The molecule has 0 saturated heterocycles. The summed E-state index contributed by atoms with van der Waals surface area (Å²) in [5, 5.41) is 13.0. The second-order valence-corrected chi connectivity index (χ2v) is 5.13. The molecule has 0 aliphatic rings. The molecule has 0 saturated carbocycles. The molecule has 4 heteroatoms. The van der Waals surface area contributed by atoms with Crippen molar-refractivity contribution in [2.24, 2.45) is 0 Å². The highest BCUT2D eigenvalue weighted by Crippen LogP contribution is 2.34. The lowest BCUT2D eigenvalue weighted by Gasteiger charge is -2.26. The van der Waals surface area contributed by atoms with Crippen LogP contribution >= 0.6 is 0 Å². The van der Waals surface area contributed by atoms with Crippen molar-refractivity contribution in [1.29, 1.82) is 0 Å². The Hall–Kier alpha value is -1.81. The Bertz CT molecular complexity index is 506. The molecular formula is C15H19NO3. The predicted octanol–water partition coefficient (Wildman–Crippen LogP) is 2.91. The van der Waals surface area contributed by atoms with Gasteiger partial charge in [0.15, 0.2) is 0 Å². The molecule has 19 heavy (non-hydrogen) atoms. The van der Waals surface area contributed by atoms with Gasteiger partial charge in [-0.2, -0.15) is 0 Å². The van der Waals surface area contributed by atoms with Gasteiger partial charge in [-0.25, -0.2) is 0 Å². The number of benzene rings is 1. The lowest BCUT2D eigenvalue weighted by atomic mass is 9.81. The second kappa shape index (κ2) is 5.89. The first kappa shape index (κ1) is 13.6. The summed E-state index contributed by atoms with van der Waals surface area (Å²) >= 11 is 0. The van der Waals surface area contributed by atoms with Gasteiger partial charge in [0.2, 0.25) is 0 Å². The zero-order valence-electron chi connectivity index (χ0n) is 11.3. The first-order chi connectivity index (χ1) is 9.13. The van der Waals surface area contributed by atoms with Crippen LogP contribution in [0.3, 0.4) is 0 Å². The Kier molecular flexibility index (Phi) is 4.22. The van der Waals surface area contributed by atoms with E-state index < -0.39 is 0 Å². The van der Waals surface area contributed by atoms with Crippen LogP contribution in [0.2, 0.25) is 0 Å². The largest absolute Gasteiger partial charge is 0.487 e. The van der Waals surface area contributed by atoms with Gasteiger partial charge in [-0.1, -0.05) is 37.2 Å². The zero-order chi connectivity index (χ0) is 13.7. The molecule has 0 amide bonds. The van der Waals surface area contributed by atoms with Crippen LogP contribution in [0.1, 0.15) is 31.5 Å². The van der Waals surface area contributed by atoms with Crippen LogP contribution in [0, 0.1) is 0 Å². The molecule has 2 aromatic rings. The normalized spacial score (nSPS) is 11.5. The maximum absolute atomic E-state index is 9.17. The van der Waals surface area contributed by atoms with E-state index in [1.54, 1.807) is 6.07 Å². The Balaban J connectivity index is 2.16. The molecule has 4 nitrogen and oxygen atoms in total. The molecule has 0 radical (unpaired) electrons. The Morgan fingerprint density at radius 1 is 1.26 bits per heavy atom. The third-order valence-electron chi connectivity index (χ3n) is 3.22. The Morgan fingerprint density at radius 2 is 2.05 bits per heavy atom. The molecule has 1 aromatic carbocycles. The lowest BCUT2D eigenvalue weighted by molar-refractivity contribution is 0.243. The van der Waals surface area contributed by atoms with Gasteiger partial charge in [-0.3, -0.25) is 0 Å².